The van der Waals surface area contributed by atoms with Gasteiger partial charge in [-0.1, -0.05) is 12.1 Å². The molecular weight excluding hydrogens is 229 g/mol. The SMILES string of the molecule is Cc1nc(-c2ccccc2F)n2cc(N)ccc12. The molecule has 2 N–H and O–H groups in total. The highest BCUT2D eigenvalue weighted by Crippen LogP contribution is 2.25. The molecule has 0 unspecified atom stereocenters. The third kappa shape index (κ3) is 1.54. The van der Waals surface area contributed by atoms with Gasteiger partial charge in [-0.05, 0) is 31.2 Å². The van der Waals surface area contributed by atoms with Crippen molar-refractivity contribution >= 4 is 11.2 Å². The highest BCUT2D eigenvalue weighted by atomic mass is 19.1. The summed E-state index contributed by atoms with van der Waals surface area (Å²) < 4.78 is 15.7. The maximum absolute atomic E-state index is 13.8. The second kappa shape index (κ2) is 3.84. The van der Waals surface area contributed by atoms with Gasteiger partial charge in [-0.25, -0.2) is 9.37 Å². The summed E-state index contributed by atoms with van der Waals surface area (Å²) in [6.45, 7) is 1.90. The predicted octanol–water partition coefficient (Wildman–Crippen LogP) is 3.03. The molecule has 3 nitrogen and oxygen atoms in total. The summed E-state index contributed by atoms with van der Waals surface area (Å²) in [5.74, 6) is 0.291. The molecule has 3 aromatic rings. The second-order valence-electron chi connectivity index (χ2n) is 4.22. The molecule has 0 atom stereocenters. The fourth-order valence-electron chi connectivity index (χ4n) is 2.09. The van der Waals surface area contributed by atoms with Crippen LogP contribution in [0.5, 0.6) is 0 Å². The quantitative estimate of drug-likeness (QED) is 0.711. The first kappa shape index (κ1) is 10.8. The van der Waals surface area contributed by atoms with Gasteiger partial charge in [-0.2, -0.15) is 0 Å². The van der Waals surface area contributed by atoms with Gasteiger partial charge in [-0.3, -0.25) is 4.40 Å². The summed E-state index contributed by atoms with van der Waals surface area (Å²) in [6, 6.07) is 10.3. The first-order valence-corrected chi connectivity index (χ1v) is 5.66. The van der Waals surface area contributed by atoms with Crippen LogP contribution in [-0.4, -0.2) is 9.38 Å². The van der Waals surface area contributed by atoms with E-state index in [9.17, 15) is 4.39 Å². The molecule has 0 spiro atoms. The molecule has 0 bridgehead atoms. The number of hydrogen-bond acceptors (Lipinski definition) is 2. The fourth-order valence-corrected chi connectivity index (χ4v) is 2.09. The Morgan fingerprint density at radius 1 is 1.17 bits per heavy atom. The van der Waals surface area contributed by atoms with Crippen LogP contribution in [0.3, 0.4) is 0 Å². The summed E-state index contributed by atoms with van der Waals surface area (Å²) in [4.78, 5) is 4.43. The third-order valence-electron chi connectivity index (χ3n) is 2.96. The van der Waals surface area contributed by atoms with Gasteiger partial charge in [0.1, 0.15) is 11.6 Å². The number of nitrogens with two attached hydrogens (primary N) is 1. The minimum absolute atomic E-state index is 0.285. The van der Waals surface area contributed by atoms with E-state index < -0.39 is 0 Å². The highest BCUT2D eigenvalue weighted by molar-refractivity contribution is 5.67. The lowest BCUT2D eigenvalue weighted by Crippen LogP contribution is -1.94. The van der Waals surface area contributed by atoms with Crippen LogP contribution < -0.4 is 5.73 Å². The Bertz CT molecular complexity index is 731. The number of imidazole rings is 1. The summed E-state index contributed by atoms with van der Waals surface area (Å²) in [5.41, 5.74) is 8.66. The van der Waals surface area contributed by atoms with Crippen LogP contribution in [-0.2, 0) is 0 Å². The number of aromatic nitrogens is 2. The summed E-state index contributed by atoms with van der Waals surface area (Å²) in [7, 11) is 0. The van der Waals surface area contributed by atoms with E-state index in [2.05, 4.69) is 4.98 Å². The van der Waals surface area contributed by atoms with Crippen LogP contribution in [0.1, 0.15) is 5.69 Å². The standard InChI is InChI=1S/C14H12FN3/c1-9-13-7-6-10(16)8-18(13)14(17-9)11-4-2-3-5-12(11)15/h2-8H,16H2,1H3. The van der Waals surface area contributed by atoms with Gasteiger partial charge in [0, 0.05) is 11.9 Å². The maximum atomic E-state index is 13.8. The van der Waals surface area contributed by atoms with E-state index in [4.69, 9.17) is 5.73 Å². The van der Waals surface area contributed by atoms with E-state index in [-0.39, 0.29) is 5.82 Å². The van der Waals surface area contributed by atoms with E-state index in [0.717, 1.165) is 11.2 Å². The molecule has 0 saturated carbocycles. The first-order chi connectivity index (χ1) is 8.66. The van der Waals surface area contributed by atoms with Gasteiger partial charge < -0.3 is 5.73 Å². The molecule has 0 aliphatic carbocycles. The van der Waals surface area contributed by atoms with Crippen molar-refractivity contribution in [3.63, 3.8) is 0 Å². The summed E-state index contributed by atoms with van der Waals surface area (Å²) in [6.07, 6.45) is 1.76. The lowest BCUT2D eigenvalue weighted by atomic mass is 10.2. The molecule has 0 amide bonds. The Hall–Kier alpha value is -2.36. The maximum Gasteiger partial charge on any atom is 0.147 e. The molecular formula is C14H12FN3. The zero-order chi connectivity index (χ0) is 12.7. The fraction of sp³-hybridized carbons (Fsp3) is 0.0714. The van der Waals surface area contributed by atoms with E-state index in [1.807, 2.05) is 23.5 Å². The smallest absolute Gasteiger partial charge is 0.147 e. The number of nitrogens with zero attached hydrogens (tertiary/aromatic N) is 2. The molecule has 3 rings (SSSR count). The number of rotatable bonds is 1. The number of fused-ring (bicyclic) bond motifs is 1. The van der Waals surface area contributed by atoms with Crippen molar-refractivity contribution in [1.29, 1.82) is 0 Å². The predicted molar refractivity (Wildman–Crippen MR) is 69.7 cm³/mol. The van der Waals surface area contributed by atoms with Crippen molar-refractivity contribution < 1.29 is 4.39 Å². The Labute approximate surface area is 104 Å². The van der Waals surface area contributed by atoms with E-state index >= 15 is 0 Å². The van der Waals surface area contributed by atoms with Crippen LogP contribution in [0.25, 0.3) is 16.9 Å². The number of pyridine rings is 1. The second-order valence-corrected chi connectivity index (χ2v) is 4.22. The monoisotopic (exact) mass is 241 g/mol. The summed E-state index contributed by atoms with van der Waals surface area (Å²) in [5, 5.41) is 0. The van der Waals surface area contributed by atoms with Crippen molar-refractivity contribution in [3.05, 3.63) is 54.1 Å². The molecule has 0 radical (unpaired) electrons. The normalized spacial score (nSPS) is 11.0. The minimum atomic E-state index is -0.285. The van der Waals surface area contributed by atoms with E-state index in [1.54, 1.807) is 24.4 Å². The molecule has 1 aromatic carbocycles. The molecule has 0 aliphatic heterocycles. The Morgan fingerprint density at radius 2 is 1.94 bits per heavy atom. The topological polar surface area (TPSA) is 43.3 Å². The van der Waals surface area contributed by atoms with Crippen molar-refractivity contribution in [3.8, 4) is 11.4 Å². The number of halogens is 1. The van der Waals surface area contributed by atoms with E-state index in [1.165, 1.54) is 6.07 Å². The minimum Gasteiger partial charge on any atom is -0.398 e. The van der Waals surface area contributed by atoms with Gasteiger partial charge in [0.15, 0.2) is 0 Å². The van der Waals surface area contributed by atoms with Crippen LogP contribution in [0.2, 0.25) is 0 Å². The molecule has 18 heavy (non-hydrogen) atoms. The zero-order valence-corrected chi connectivity index (χ0v) is 9.89. The zero-order valence-electron chi connectivity index (χ0n) is 9.89. The Balaban J connectivity index is 2.36. The highest BCUT2D eigenvalue weighted by Gasteiger charge is 2.13. The Kier molecular flexibility index (Phi) is 2.30. The molecule has 4 heteroatoms. The number of nitrogen functional groups attached to an aromatic ring is 1. The molecule has 2 aromatic heterocycles. The third-order valence-corrected chi connectivity index (χ3v) is 2.96. The van der Waals surface area contributed by atoms with Crippen molar-refractivity contribution in [2.24, 2.45) is 0 Å². The summed E-state index contributed by atoms with van der Waals surface area (Å²) >= 11 is 0. The van der Waals surface area contributed by atoms with Crippen LogP contribution in [0.4, 0.5) is 10.1 Å². The largest absolute Gasteiger partial charge is 0.398 e. The molecule has 90 valence electrons. The first-order valence-electron chi connectivity index (χ1n) is 5.66. The van der Waals surface area contributed by atoms with Crippen molar-refractivity contribution in [1.82, 2.24) is 9.38 Å². The van der Waals surface area contributed by atoms with Crippen LogP contribution in [0, 0.1) is 12.7 Å². The average Bonchev–Trinajstić information content (AvgIpc) is 2.67. The van der Waals surface area contributed by atoms with Gasteiger partial charge in [0.25, 0.3) is 0 Å². The van der Waals surface area contributed by atoms with Crippen molar-refractivity contribution in [2.75, 3.05) is 5.73 Å². The van der Waals surface area contributed by atoms with E-state index in [0.29, 0.717) is 17.1 Å². The molecule has 0 fully saturated rings. The molecule has 0 aliphatic rings. The molecule has 2 heterocycles. The van der Waals surface area contributed by atoms with Crippen LogP contribution >= 0.6 is 0 Å². The number of benzene rings is 1. The van der Waals surface area contributed by atoms with Gasteiger partial charge >= 0.3 is 0 Å². The lowest BCUT2D eigenvalue weighted by molar-refractivity contribution is 0.630. The number of aryl methyl sites for hydroxylation is 1. The van der Waals surface area contributed by atoms with Crippen molar-refractivity contribution in [2.45, 2.75) is 6.92 Å². The van der Waals surface area contributed by atoms with Gasteiger partial charge in [0.05, 0.1) is 16.8 Å². The van der Waals surface area contributed by atoms with Gasteiger partial charge in [-0.15, -0.1) is 0 Å². The van der Waals surface area contributed by atoms with Crippen LogP contribution in [0.15, 0.2) is 42.6 Å². The molecule has 0 saturated heterocycles. The lowest BCUT2D eigenvalue weighted by Gasteiger charge is -2.03. The number of anilines is 1. The average molecular weight is 241 g/mol. The van der Waals surface area contributed by atoms with Gasteiger partial charge in [0.2, 0.25) is 0 Å². The number of hydrogen-bond donors (Lipinski definition) is 1. The Morgan fingerprint density at radius 3 is 2.72 bits per heavy atom.